The van der Waals surface area contributed by atoms with E-state index >= 15 is 0 Å². The molecule has 0 bridgehead atoms. The van der Waals surface area contributed by atoms with E-state index in [9.17, 15) is 9.50 Å². The molecule has 2 atom stereocenters. The fourth-order valence-electron chi connectivity index (χ4n) is 1.63. The Morgan fingerprint density at radius 2 is 2.13 bits per heavy atom. The third-order valence-electron chi connectivity index (χ3n) is 2.70. The van der Waals surface area contributed by atoms with E-state index in [1.807, 2.05) is 13.0 Å². The Morgan fingerprint density at radius 3 is 2.60 bits per heavy atom. The van der Waals surface area contributed by atoms with Crippen LogP contribution in [0.3, 0.4) is 0 Å². The zero-order valence-electron chi connectivity index (χ0n) is 9.00. The van der Waals surface area contributed by atoms with Crippen LogP contribution >= 0.6 is 15.9 Å². The van der Waals surface area contributed by atoms with Crippen LogP contribution in [0.15, 0.2) is 22.7 Å². The number of aliphatic hydroxyl groups excluding tert-OH is 1. The van der Waals surface area contributed by atoms with Gasteiger partial charge in [-0.2, -0.15) is 0 Å². The molecule has 1 N–H and O–H groups in total. The van der Waals surface area contributed by atoms with E-state index in [2.05, 4.69) is 15.9 Å². The van der Waals surface area contributed by atoms with Crippen LogP contribution in [0.4, 0.5) is 4.39 Å². The van der Waals surface area contributed by atoms with Crippen LogP contribution in [0.5, 0.6) is 0 Å². The average molecular weight is 275 g/mol. The maximum absolute atomic E-state index is 13.5. The van der Waals surface area contributed by atoms with E-state index in [4.69, 9.17) is 0 Å². The zero-order chi connectivity index (χ0) is 11.4. The summed E-state index contributed by atoms with van der Waals surface area (Å²) in [5.74, 6) is -0.0795. The number of hydrogen-bond donors (Lipinski definition) is 1. The molecule has 2 unspecified atom stereocenters. The lowest BCUT2D eigenvalue weighted by Crippen LogP contribution is -2.18. The molecule has 15 heavy (non-hydrogen) atoms. The maximum Gasteiger partial charge on any atom is 0.127 e. The lowest BCUT2D eigenvalue weighted by Gasteiger charge is -2.18. The van der Waals surface area contributed by atoms with Crippen molar-refractivity contribution in [2.45, 2.75) is 32.8 Å². The Morgan fingerprint density at radius 1 is 1.47 bits per heavy atom. The SMILES string of the molecule is CCC(Cc1ccc(Br)cc1F)C(C)O. The summed E-state index contributed by atoms with van der Waals surface area (Å²) in [6.45, 7) is 3.76. The fourth-order valence-corrected chi connectivity index (χ4v) is 1.96. The second-order valence-corrected chi connectivity index (χ2v) is 4.76. The molecule has 0 fully saturated rings. The summed E-state index contributed by atoms with van der Waals surface area (Å²) in [5.41, 5.74) is 0.672. The van der Waals surface area contributed by atoms with Crippen LogP contribution in [0.1, 0.15) is 25.8 Å². The van der Waals surface area contributed by atoms with E-state index in [1.54, 1.807) is 13.0 Å². The van der Waals surface area contributed by atoms with Crippen LogP contribution in [0, 0.1) is 11.7 Å². The summed E-state index contributed by atoms with van der Waals surface area (Å²) < 4.78 is 14.2. The Kier molecular flexibility index (Phi) is 4.74. The highest BCUT2D eigenvalue weighted by molar-refractivity contribution is 9.10. The van der Waals surface area contributed by atoms with Gasteiger partial charge >= 0.3 is 0 Å². The number of rotatable bonds is 4. The smallest absolute Gasteiger partial charge is 0.127 e. The normalized spacial score (nSPS) is 15.0. The molecule has 0 aliphatic heterocycles. The molecule has 0 heterocycles. The highest BCUT2D eigenvalue weighted by Gasteiger charge is 2.15. The average Bonchev–Trinajstić information content (AvgIpc) is 2.16. The Labute approximate surface area is 98.4 Å². The first-order valence-corrected chi connectivity index (χ1v) is 5.96. The van der Waals surface area contributed by atoms with Crippen molar-refractivity contribution in [3.63, 3.8) is 0 Å². The zero-order valence-corrected chi connectivity index (χ0v) is 10.6. The molecule has 0 spiro atoms. The molecule has 0 aliphatic carbocycles. The first kappa shape index (κ1) is 12.7. The van der Waals surface area contributed by atoms with Crippen molar-refractivity contribution < 1.29 is 9.50 Å². The van der Waals surface area contributed by atoms with Crippen molar-refractivity contribution in [3.05, 3.63) is 34.1 Å². The van der Waals surface area contributed by atoms with Gasteiger partial charge in [0.1, 0.15) is 5.82 Å². The maximum atomic E-state index is 13.5. The standard InChI is InChI=1S/C12H16BrFO/c1-3-9(8(2)15)6-10-4-5-11(13)7-12(10)14/h4-5,7-9,15H,3,6H2,1-2H3. The minimum absolute atomic E-state index is 0.126. The Hall–Kier alpha value is -0.410. The van der Waals surface area contributed by atoms with Gasteiger partial charge in [-0.05, 0) is 37.0 Å². The first-order valence-electron chi connectivity index (χ1n) is 5.16. The van der Waals surface area contributed by atoms with Crippen molar-refractivity contribution in [3.8, 4) is 0 Å². The van der Waals surface area contributed by atoms with Crippen molar-refractivity contribution in [1.29, 1.82) is 0 Å². The molecule has 3 heteroatoms. The van der Waals surface area contributed by atoms with Crippen molar-refractivity contribution in [2.24, 2.45) is 5.92 Å². The van der Waals surface area contributed by atoms with Crippen molar-refractivity contribution in [2.75, 3.05) is 0 Å². The predicted molar refractivity (Wildman–Crippen MR) is 63.3 cm³/mol. The lowest BCUT2D eigenvalue weighted by molar-refractivity contribution is 0.122. The van der Waals surface area contributed by atoms with Gasteiger partial charge in [-0.3, -0.25) is 0 Å². The largest absolute Gasteiger partial charge is 0.393 e. The molecule has 1 nitrogen and oxygen atoms in total. The minimum Gasteiger partial charge on any atom is -0.393 e. The van der Waals surface area contributed by atoms with Gasteiger partial charge in [0.05, 0.1) is 6.10 Å². The number of hydrogen-bond acceptors (Lipinski definition) is 1. The topological polar surface area (TPSA) is 20.2 Å². The number of aliphatic hydroxyl groups is 1. The molecule has 84 valence electrons. The summed E-state index contributed by atoms with van der Waals surface area (Å²) in [4.78, 5) is 0. The monoisotopic (exact) mass is 274 g/mol. The van der Waals surface area contributed by atoms with Gasteiger partial charge in [0.15, 0.2) is 0 Å². The molecule has 0 saturated carbocycles. The van der Waals surface area contributed by atoms with Crippen LogP contribution in [-0.2, 0) is 6.42 Å². The Balaban J connectivity index is 2.79. The lowest BCUT2D eigenvalue weighted by atomic mass is 9.92. The van der Waals surface area contributed by atoms with E-state index in [1.165, 1.54) is 6.07 Å². The number of halogens is 2. The van der Waals surface area contributed by atoms with Crippen LogP contribution in [-0.4, -0.2) is 11.2 Å². The number of benzene rings is 1. The predicted octanol–water partition coefficient (Wildman–Crippen LogP) is 3.54. The van der Waals surface area contributed by atoms with Gasteiger partial charge in [0, 0.05) is 4.47 Å². The first-order chi connectivity index (χ1) is 7.04. The molecule has 1 aromatic carbocycles. The van der Waals surface area contributed by atoms with Gasteiger partial charge < -0.3 is 5.11 Å². The highest BCUT2D eigenvalue weighted by atomic mass is 79.9. The quantitative estimate of drug-likeness (QED) is 0.891. The van der Waals surface area contributed by atoms with Crippen molar-refractivity contribution >= 4 is 15.9 Å². The van der Waals surface area contributed by atoms with E-state index < -0.39 is 6.10 Å². The summed E-state index contributed by atoms with van der Waals surface area (Å²) >= 11 is 3.22. The fraction of sp³-hybridized carbons (Fsp3) is 0.500. The summed E-state index contributed by atoms with van der Waals surface area (Å²) in [7, 11) is 0. The molecule has 1 rings (SSSR count). The van der Waals surface area contributed by atoms with Gasteiger partial charge in [0.2, 0.25) is 0 Å². The molecule has 0 aliphatic rings. The summed E-state index contributed by atoms with van der Waals surface area (Å²) in [5, 5.41) is 9.49. The summed E-state index contributed by atoms with van der Waals surface area (Å²) in [6, 6.07) is 5.06. The van der Waals surface area contributed by atoms with E-state index in [-0.39, 0.29) is 11.7 Å². The summed E-state index contributed by atoms with van der Waals surface area (Å²) in [6.07, 6.45) is 1.05. The molecule has 0 saturated heterocycles. The molecule has 0 radical (unpaired) electrons. The van der Waals surface area contributed by atoms with E-state index in [0.29, 0.717) is 12.0 Å². The van der Waals surface area contributed by atoms with Crippen molar-refractivity contribution in [1.82, 2.24) is 0 Å². The molecular weight excluding hydrogens is 259 g/mol. The second-order valence-electron chi connectivity index (χ2n) is 3.85. The van der Waals surface area contributed by atoms with Gasteiger partial charge in [-0.25, -0.2) is 4.39 Å². The van der Waals surface area contributed by atoms with E-state index in [0.717, 1.165) is 10.9 Å². The molecule has 0 amide bonds. The molecule has 1 aromatic rings. The second kappa shape index (κ2) is 5.61. The molecular formula is C12H16BrFO. The third-order valence-corrected chi connectivity index (χ3v) is 3.20. The highest BCUT2D eigenvalue weighted by Crippen LogP contribution is 2.21. The van der Waals surface area contributed by atoms with Gasteiger partial charge in [-0.15, -0.1) is 0 Å². The van der Waals surface area contributed by atoms with Gasteiger partial charge in [-0.1, -0.05) is 35.3 Å². The van der Waals surface area contributed by atoms with Crippen LogP contribution < -0.4 is 0 Å². The van der Waals surface area contributed by atoms with Crippen LogP contribution in [0.25, 0.3) is 0 Å². The third kappa shape index (κ3) is 3.58. The minimum atomic E-state index is -0.391. The Bertz CT molecular complexity index is 325. The molecule has 0 aromatic heterocycles. The van der Waals surface area contributed by atoms with Crippen LogP contribution in [0.2, 0.25) is 0 Å². The van der Waals surface area contributed by atoms with Gasteiger partial charge in [0.25, 0.3) is 0 Å².